The minimum atomic E-state index is -0.446. The lowest BCUT2D eigenvalue weighted by atomic mass is 10.3. The van der Waals surface area contributed by atoms with Crippen molar-refractivity contribution in [3.05, 3.63) is 17.5 Å². The Labute approximate surface area is 117 Å². The monoisotopic (exact) mass is 294 g/mol. The van der Waals surface area contributed by atoms with Crippen LogP contribution < -0.4 is 0 Å². The van der Waals surface area contributed by atoms with Crippen molar-refractivity contribution >= 4 is 34.8 Å². The first kappa shape index (κ1) is 12.4. The van der Waals surface area contributed by atoms with Gasteiger partial charge in [-0.2, -0.15) is 9.78 Å². The van der Waals surface area contributed by atoms with Crippen molar-refractivity contribution < 1.29 is 9.53 Å². The van der Waals surface area contributed by atoms with E-state index in [-0.39, 0.29) is 5.97 Å². The molecule has 3 heterocycles. The molecule has 8 heteroatoms. The van der Waals surface area contributed by atoms with Gasteiger partial charge in [0.2, 0.25) is 5.16 Å². The Morgan fingerprint density at radius 3 is 3.00 bits per heavy atom. The van der Waals surface area contributed by atoms with Crippen LogP contribution in [-0.4, -0.2) is 38.9 Å². The van der Waals surface area contributed by atoms with Crippen LogP contribution in [0.3, 0.4) is 0 Å². The number of aromatic nitrogens is 3. The third-order valence-corrected chi connectivity index (χ3v) is 4.73. The molecular formula is C11H10N4O2S2. The molecule has 98 valence electrons. The number of rotatable bonds is 2. The van der Waals surface area contributed by atoms with Gasteiger partial charge in [-0.25, -0.2) is 0 Å². The summed E-state index contributed by atoms with van der Waals surface area (Å²) in [5, 5.41) is 14.8. The molecule has 1 unspecified atom stereocenters. The number of carbonyl (C=O) groups is 1. The van der Waals surface area contributed by atoms with E-state index in [1.807, 2.05) is 17.5 Å². The van der Waals surface area contributed by atoms with Crippen molar-refractivity contribution in [2.24, 2.45) is 5.10 Å². The highest BCUT2D eigenvalue weighted by atomic mass is 32.2. The molecule has 0 spiro atoms. The molecular weight excluding hydrogens is 284 g/mol. The molecule has 2 aromatic rings. The first-order valence-electron chi connectivity index (χ1n) is 5.50. The zero-order valence-electron chi connectivity index (χ0n) is 10.2. The van der Waals surface area contributed by atoms with Gasteiger partial charge in [-0.05, 0) is 18.4 Å². The fourth-order valence-electron chi connectivity index (χ4n) is 1.72. The Kier molecular flexibility index (Phi) is 3.11. The van der Waals surface area contributed by atoms with Gasteiger partial charge in [-0.3, -0.25) is 4.79 Å². The molecule has 3 rings (SSSR count). The van der Waals surface area contributed by atoms with E-state index in [1.165, 1.54) is 18.9 Å². The Morgan fingerprint density at radius 2 is 2.32 bits per heavy atom. The van der Waals surface area contributed by atoms with E-state index in [0.29, 0.717) is 16.7 Å². The van der Waals surface area contributed by atoms with Crippen molar-refractivity contribution in [1.29, 1.82) is 0 Å². The second-order valence-electron chi connectivity index (χ2n) is 3.86. The van der Waals surface area contributed by atoms with E-state index >= 15 is 0 Å². The van der Waals surface area contributed by atoms with E-state index < -0.39 is 5.25 Å². The zero-order chi connectivity index (χ0) is 13.4. The number of thioether (sulfide) groups is 1. The summed E-state index contributed by atoms with van der Waals surface area (Å²) in [6.07, 6.45) is 0. The molecule has 2 aromatic heterocycles. The highest BCUT2D eigenvalue weighted by Gasteiger charge is 2.31. The molecule has 19 heavy (non-hydrogen) atoms. The van der Waals surface area contributed by atoms with Gasteiger partial charge in [0, 0.05) is 0 Å². The van der Waals surface area contributed by atoms with Crippen LogP contribution in [0.1, 0.15) is 6.92 Å². The van der Waals surface area contributed by atoms with Gasteiger partial charge in [-0.15, -0.1) is 21.5 Å². The molecule has 0 saturated heterocycles. The smallest absolute Gasteiger partial charge is 0.325 e. The fraction of sp³-hybridized carbons (Fsp3) is 0.273. The molecule has 0 fully saturated rings. The van der Waals surface area contributed by atoms with E-state index in [0.717, 1.165) is 4.88 Å². The average Bonchev–Trinajstić information content (AvgIpc) is 3.04. The van der Waals surface area contributed by atoms with E-state index in [4.69, 9.17) is 4.74 Å². The number of nitrogens with zero attached hydrogens (tertiary/aromatic N) is 4. The predicted octanol–water partition coefficient (Wildman–Crippen LogP) is 1.88. The van der Waals surface area contributed by atoms with Crippen LogP contribution in [0.2, 0.25) is 0 Å². The number of ether oxygens (including phenoxy) is 1. The Balaban J connectivity index is 2.02. The quantitative estimate of drug-likeness (QED) is 0.791. The lowest BCUT2D eigenvalue weighted by Gasteiger charge is -2.18. The highest BCUT2D eigenvalue weighted by molar-refractivity contribution is 8.01. The largest absolute Gasteiger partial charge is 0.468 e. The minimum absolute atomic E-state index is 0.321. The van der Waals surface area contributed by atoms with Gasteiger partial charge in [0.15, 0.2) is 5.82 Å². The van der Waals surface area contributed by atoms with Crippen LogP contribution >= 0.6 is 23.1 Å². The summed E-state index contributed by atoms with van der Waals surface area (Å²) in [6, 6.07) is 3.91. The summed E-state index contributed by atoms with van der Waals surface area (Å²) in [4.78, 5) is 12.6. The second kappa shape index (κ2) is 4.78. The number of hydrogen-bond donors (Lipinski definition) is 0. The maximum Gasteiger partial charge on any atom is 0.325 e. The summed E-state index contributed by atoms with van der Waals surface area (Å²) < 4.78 is 6.43. The van der Waals surface area contributed by atoms with Crippen molar-refractivity contribution in [2.45, 2.75) is 17.3 Å². The Hall–Kier alpha value is -1.67. The number of fused-ring (bicyclic) bond motifs is 1. The van der Waals surface area contributed by atoms with Gasteiger partial charge in [0.05, 0.1) is 17.7 Å². The summed E-state index contributed by atoms with van der Waals surface area (Å²) in [5.74, 6) is 0.373. The number of carbonyl (C=O) groups excluding carboxylic acids is 1. The molecule has 0 saturated carbocycles. The number of methoxy groups -OCH3 is 1. The third-order valence-electron chi connectivity index (χ3n) is 2.63. The SMILES string of the molecule is COC(=O)C1Sc2nnc(-c3cccs3)n2N=C1C. The molecule has 1 atom stereocenters. The van der Waals surface area contributed by atoms with Crippen molar-refractivity contribution in [2.75, 3.05) is 7.11 Å². The van der Waals surface area contributed by atoms with Crippen LogP contribution in [0.5, 0.6) is 0 Å². The Bertz CT molecular complexity index is 648. The van der Waals surface area contributed by atoms with E-state index in [9.17, 15) is 4.79 Å². The van der Waals surface area contributed by atoms with Crippen LogP contribution in [0.25, 0.3) is 10.7 Å². The molecule has 0 bridgehead atoms. The van der Waals surface area contributed by atoms with Gasteiger partial charge in [-0.1, -0.05) is 17.8 Å². The van der Waals surface area contributed by atoms with Crippen LogP contribution in [0.15, 0.2) is 27.8 Å². The van der Waals surface area contributed by atoms with Gasteiger partial charge in [0.25, 0.3) is 0 Å². The third kappa shape index (κ3) is 2.06. The normalized spacial score (nSPS) is 17.8. The van der Waals surface area contributed by atoms with E-state index in [1.54, 1.807) is 22.9 Å². The summed E-state index contributed by atoms with van der Waals surface area (Å²) >= 11 is 2.88. The molecule has 1 aliphatic heterocycles. The predicted molar refractivity (Wildman–Crippen MR) is 73.5 cm³/mol. The lowest BCUT2D eigenvalue weighted by molar-refractivity contribution is -0.138. The molecule has 0 amide bonds. The fourth-order valence-corrected chi connectivity index (χ4v) is 3.34. The van der Waals surface area contributed by atoms with Crippen molar-refractivity contribution in [3.8, 4) is 10.7 Å². The minimum Gasteiger partial charge on any atom is -0.468 e. The standard InChI is InChI=1S/C11H10N4O2S2/c1-6-8(10(16)17-2)19-11-13-12-9(15(11)14-6)7-4-3-5-18-7/h3-5,8H,1-2H3. The van der Waals surface area contributed by atoms with Gasteiger partial charge >= 0.3 is 5.97 Å². The molecule has 0 aliphatic carbocycles. The number of thiophene rings is 1. The average molecular weight is 294 g/mol. The lowest BCUT2D eigenvalue weighted by Crippen LogP contribution is -2.30. The van der Waals surface area contributed by atoms with Crippen LogP contribution in [0, 0.1) is 0 Å². The van der Waals surface area contributed by atoms with E-state index in [2.05, 4.69) is 15.3 Å². The van der Waals surface area contributed by atoms with Crippen molar-refractivity contribution in [3.63, 3.8) is 0 Å². The number of hydrogen-bond acceptors (Lipinski definition) is 7. The highest BCUT2D eigenvalue weighted by Crippen LogP contribution is 2.32. The molecule has 1 aliphatic rings. The molecule has 6 nitrogen and oxygen atoms in total. The van der Waals surface area contributed by atoms with Gasteiger partial charge < -0.3 is 4.74 Å². The first-order valence-corrected chi connectivity index (χ1v) is 7.26. The maximum absolute atomic E-state index is 11.6. The second-order valence-corrected chi connectivity index (χ2v) is 5.88. The molecule has 0 N–H and O–H groups in total. The van der Waals surface area contributed by atoms with Gasteiger partial charge in [0.1, 0.15) is 5.25 Å². The zero-order valence-corrected chi connectivity index (χ0v) is 11.9. The maximum atomic E-state index is 11.6. The number of esters is 1. The molecule has 0 radical (unpaired) electrons. The Morgan fingerprint density at radius 1 is 1.47 bits per heavy atom. The summed E-state index contributed by atoms with van der Waals surface area (Å²) in [6.45, 7) is 1.80. The molecule has 0 aromatic carbocycles. The first-order chi connectivity index (χ1) is 9.20. The van der Waals surface area contributed by atoms with Crippen LogP contribution in [-0.2, 0) is 9.53 Å². The summed E-state index contributed by atoms with van der Waals surface area (Å²) in [5.41, 5.74) is 0.682. The topological polar surface area (TPSA) is 69.4 Å². The van der Waals surface area contributed by atoms with Crippen molar-refractivity contribution in [1.82, 2.24) is 14.9 Å². The summed E-state index contributed by atoms with van der Waals surface area (Å²) in [7, 11) is 1.37. The van der Waals surface area contributed by atoms with Crippen LogP contribution in [0.4, 0.5) is 0 Å².